The van der Waals surface area contributed by atoms with Crippen LogP contribution >= 0.6 is 0 Å². The third kappa shape index (κ3) is 5.26. The maximum atomic E-state index is 4.72. The standard InChI is InChI=1S/C18H33N5/c1-5-19-17(20-13-16-8-11-22-23(16)4)21-14-18(12-15(2)3)9-6-7-10-18/h8,11,15H,5-7,9-10,12-14H2,1-4H3,(H2,19,20,21). The molecule has 1 aliphatic carbocycles. The maximum Gasteiger partial charge on any atom is 0.191 e. The van der Waals surface area contributed by atoms with Crippen LogP contribution < -0.4 is 10.6 Å². The molecule has 1 heterocycles. The largest absolute Gasteiger partial charge is 0.357 e. The normalized spacial score (nSPS) is 17.7. The average Bonchev–Trinajstić information content (AvgIpc) is 3.11. The Kier molecular flexibility index (Phi) is 6.48. The van der Waals surface area contributed by atoms with Crippen LogP contribution in [0.4, 0.5) is 0 Å². The highest BCUT2D eigenvalue weighted by Crippen LogP contribution is 2.42. The molecule has 5 nitrogen and oxygen atoms in total. The van der Waals surface area contributed by atoms with Gasteiger partial charge in [0.25, 0.3) is 0 Å². The van der Waals surface area contributed by atoms with E-state index >= 15 is 0 Å². The van der Waals surface area contributed by atoms with Gasteiger partial charge in [-0.05, 0) is 43.6 Å². The zero-order chi connectivity index (χ0) is 16.7. The summed E-state index contributed by atoms with van der Waals surface area (Å²) in [6, 6.07) is 2.02. The van der Waals surface area contributed by atoms with E-state index in [4.69, 9.17) is 4.99 Å². The second kappa shape index (κ2) is 8.37. The number of nitrogens with one attached hydrogen (secondary N) is 2. The van der Waals surface area contributed by atoms with E-state index in [2.05, 4.69) is 36.5 Å². The number of nitrogens with zero attached hydrogens (tertiary/aromatic N) is 3. The highest BCUT2D eigenvalue weighted by molar-refractivity contribution is 5.79. The number of aromatic nitrogens is 2. The Bertz CT molecular complexity index is 497. The van der Waals surface area contributed by atoms with E-state index in [1.165, 1.54) is 32.1 Å². The number of hydrogen-bond donors (Lipinski definition) is 2. The molecule has 0 atom stereocenters. The van der Waals surface area contributed by atoms with Crippen LogP contribution in [-0.4, -0.2) is 28.8 Å². The summed E-state index contributed by atoms with van der Waals surface area (Å²) in [6.45, 7) is 9.35. The van der Waals surface area contributed by atoms with Crippen LogP contribution in [0.3, 0.4) is 0 Å². The molecule has 0 aromatic carbocycles. The van der Waals surface area contributed by atoms with Crippen molar-refractivity contribution in [1.29, 1.82) is 0 Å². The van der Waals surface area contributed by atoms with Crippen LogP contribution in [0.2, 0.25) is 0 Å². The van der Waals surface area contributed by atoms with E-state index in [1.807, 2.05) is 24.0 Å². The zero-order valence-corrected chi connectivity index (χ0v) is 15.2. The summed E-state index contributed by atoms with van der Waals surface area (Å²) in [5, 5.41) is 11.2. The minimum atomic E-state index is 0.455. The van der Waals surface area contributed by atoms with Crippen molar-refractivity contribution in [1.82, 2.24) is 20.4 Å². The Morgan fingerprint density at radius 2 is 2.09 bits per heavy atom. The quantitative estimate of drug-likeness (QED) is 0.600. The van der Waals surface area contributed by atoms with E-state index in [9.17, 15) is 0 Å². The predicted octanol–water partition coefficient (Wildman–Crippen LogP) is 3.08. The lowest BCUT2D eigenvalue weighted by Gasteiger charge is -2.32. The number of hydrogen-bond acceptors (Lipinski definition) is 2. The third-order valence-corrected chi connectivity index (χ3v) is 4.80. The molecular formula is C18H33N5. The lowest BCUT2D eigenvalue weighted by molar-refractivity contribution is 0.235. The molecule has 23 heavy (non-hydrogen) atoms. The summed E-state index contributed by atoms with van der Waals surface area (Å²) in [6.07, 6.45) is 8.56. The van der Waals surface area contributed by atoms with Gasteiger partial charge in [0.2, 0.25) is 0 Å². The first-order valence-electron chi connectivity index (χ1n) is 9.04. The van der Waals surface area contributed by atoms with Gasteiger partial charge in [0.05, 0.1) is 12.2 Å². The molecule has 1 aliphatic rings. The highest BCUT2D eigenvalue weighted by atomic mass is 15.3. The van der Waals surface area contributed by atoms with Gasteiger partial charge in [-0.3, -0.25) is 4.68 Å². The van der Waals surface area contributed by atoms with Gasteiger partial charge in [-0.1, -0.05) is 26.7 Å². The second-order valence-electron chi connectivity index (χ2n) is 7.30. The molecule has 0 aliphatic heterocycles. The molecule has 1 fully saturated rings. The summed E-state index contributed by atoms with van der Waals surface area (Å²) in [4.78, 5) is 4.72. The molecule has 1 aromatic rings. The van der Waals surface area contributed by atoms with Crippen molar-refractivity contribution in [2.75, 3.05) is 13.1 Å². The number of guanidine groups is 1. The molecule has 130 valence electrons. The summed E-state index contributed by atoms with van der Waals surface area (Å²) < 4.78 is 1.88. The van der Waals surface area contributed by atoms with Crippen LogP contribution in [0.15, 0.2) is 17.3 Å². The van der Waals surface area contributed by atoms with Crippen LogP contribution in [0, 0.1) is 11.3 Å². The Morgan fingerprint density at radius 3 is 2.65 bits per heavy atom. The smallest absolute Gasteiger partial charge is 0.191 e. The van der Waals surface area contributed by atoms with Gasteiger partial charge in [-0.25, -0.2) is 4.99 Å². The minimum Gasteiger partial charge on any atom is -0.357 e. The Labute approximate surface area is 141 Å². The minimum absolute atomic E-state index is 0.455. The molecule has 0 radical (unpaired) electrons. The second-order valence-corrected chi connectivity index (χ2v) is 7.30. The van der Waals surface area contributed by atoms with Gasteiger partial charge in [-0.15, -0.1) is 0 Å². The molecule has 0 bridgehead atoms. The van der Waals surface area contributed by atoms with Crippen molar-refractivity contribution in [3.05, 3.63) is 18.0 Å². The van der Waals surface area contributed by atoms with Gasteiger partial charge >= 0.3 is 0 Å². The predicted molar refractivity (Wildman–Crippen MR) is 96.4 cm³/mol. The van der Waals surface area contributed by atoms with Crippen molar-refractivity contribution in [2.24, 2.45) is 23.4 Å². The van der Waals surface area contributed by atoms with E-state index in [-0.39, 0.29) is 0 Å². The lowest BCUT2D eigenvalue weighted by atomic mass is 9.78. The van der Waals surface area contributed by atoms with Crippen molar-refractivity contribution in [3.8, 4) is 0 Å². The highest BCUT2D eigenvalue weighted by Gasteiger charge is 2.34. The van der Waals surface area contributed by atoms with Crippen LogP contribution in [0.25, 0.3) is 0 Å². The number of aryl methyl sites for hydroxylation is 1. The summed E-state index contributed by atoms with van der Waals surface area (Å²) >= 11 is 0. The average molecular weight is 319 g/mol. The number of rotatable bonds is 7. The third-order valence-electron chi connectivity index (χ3n) is 4.80. The number of aliphatic imine (C=N–C) groups is 1. The summed E-state index contributed by atoms with van der Waals surface area (Å²) in [5.74, 6) is 1.67. The van der Waals surface area contributed by atoms with Gasteiger partial charge in [0.1, 0.15) is 0 Å². The summed E-state index contributed by atoms with van der Waals surface area (Å²) in [7, 11) is 1.96. The van der Waals surface area contributed by atoms with Gasteiger partial charge in [-0.2, -0.15) is 5.10 Å². The van der Waals surface area contributed by atoms with Crippen LogP contribution in [0.1, 0.15) is 58.6 Å². The van der Waals surface area contributed by atoms with Gasteiger partial charge in [0, 0.05) is 26.3 Å². The zero-order valence-electron chi connectivity index (χ0n) is 15.2. The van der Waals surface area contributed by atoms with Crippen molar-refractivity contribution < 1.29 is 0 Å². The van der Waals surface area contributed by atoms with Crippen molar-refractivity contribution >= 4 is 5.96 Å². The van der Waals surface area contributed by atoms with Gasteiger partial charge < -0.3 is 10.6 Å². The first-order chi connectivity index (χ1) is 11.0. The fraction of sp³-hybridized carbons (Fsp3) is 0.778. The first kappa shape index (κ1) is 17.8. The van der Waals surface area contributed by atoms with E-state index < -0.39 is 0 Å². The monoisotopic (exact) mass is 319 g/mol. The molecular weight excluding hydrogens is 286 g/mol. The molecule has 0 amide bonds. The van der Waals surface area contributed by atoms with Crippen LogP contribution in [0.5, 0.6) is 0 Å². The molecule has 5 heteroatoms. The van der Waals surface area contributed by atoms with E-state index in [0.717, 1.165) is 30.7 Å². The van der Waals surface area contributed by atoms with Crippen molar-refractivity contribution in [2.45, 2.75) is 59.4 Å². The molecule has 1 aromatic heterocycles. The maximum absolute atomic E-state index is 4.72. The lowest BCUT2D eigenvalue weighted by Crippen LogP contribution is -2.43. The summed E-state index contributed by atoms with van der Waals surface area (Å²) in [5.41, 5.74) is 1.58. The van der Waals surface area contributed by atoms with Crippen molar-refractivity contribution in [3.63, 3.8) is 0 Å². The molecule has 1 saturated carbocycles. The molecule has 0 saturated heterocycles. The SMILES string of the molecule is CCNC(=NCc1ccnn1C)NCC1(CC(C)C)CCCC1. The topological polar surface area (TPSA) is 54.2 Å². The Balaban J connectivity index is 1.96. The van der Waals surface area contributed by atoms with Gasteiger partial charge in [0.15, 0.2) is 5.96 Å². The molecule has 2 N–H and O–H groups in total. The molecule has 0 spiro atoms. The Morgan fingerprint density at radius 1 is 1.35 bits per heavy atom. The fourth-order valence-electron chi connectivity index (χ4n) is 3.77. The molecule has 2 rings (SSSR count). The van der Waals surface area contributed by atoms with Crippen LogP contribution in [-0.2, 0) is 13.6 Å². The first-order valence-corrected chi connectivity index (χ1v) is 9.04. The Hall–Kier alpha value is -1.52. The van der Waals surface area contributed by atoms with E-state index in [0.29, 0.717) is 12.0 Å². The van der Waals surface area contributed by atoms with E-state index in [1.54, 1.807) is 0 Å². The molecule has 0 unspecified atom stereocenters. The fourth-order valence-corrected chi connectivity index (χ4v) is 3.77.